The van der Waals surface area contributed by atoms with Gasteiger partial charge in [0.15, 0.2) is 5.16 Å². The van der Waals surface area contributed by atoms with Gasteiger partial charge >= 0.3 is 0 Å². The number of ether oxygens (including phenoxy) is 1. The summed E-state index contributed by atoms with van der Waals surface area (Å²) in [4.78, 5) is 14.8. The van der Waals surface area contributed by atoms with Gasteiger partial charge in [0.2, 0.25) is 11.9 Å². The summed E-state index contributed by atoms with van der Waals surface area (Å²) < 4.78 is 9.35. The van der Waals surface area contributed by atoms with Gasteiger partial charge in [-0.15, -0.1) is 10.2 Å². The standard InChI is InChI=1S/C21H27N7O2S/c1-16(2)28-18(8-9-22-28)23-19(29)15-31-21-25-24-20(26-10-12-30-13-11-26)27(21)14-17-6-4-3-5-7-17/h3-9,16H,10-15H2,1-2H3,(H,23,29). The van der Waals surface area contributed by atoms with Crippen LogP contribution in [0.25, 0.3) is 0 Å². The number of thioether (sulfide) groups is 1. The predicted molar refractivity (Wildman–Crippen MR) is 121 cm³/mol. The van der Waals surface area contributed by atoms with Crippen LogP contribution in [0.1, 0.15) is 25.5 Å². The summed E-state index contributed by atoms with van der Waals surface area (Å²) in [6, 6.07) is 12.2. The number of hydrogen-bond acceptors (Lipinski definition) is 7. The molecule has 0 unspecified atom stereocenters. The first-order valence-electron chi connectivity index (χ1n) is 10.4. The Morgan fingerprint density at radius 2 is 1.94 bits per heavy atom. The van der Waals surface area contributed by atoms with Gasteiger partial charge in [0.1, 0.15) is 5.82 Å². The van der Waals surface area contributed by atoms with Gasteiger partial charge in [-0.1, -0.05) is 42.1 Å². The molecule has 1 N–H and O–H groups in total. The highest BCUT2D eigenvalue weighted by molar-refractivity contribution is 7.99. The number of morpholine rings is 1. The van der Waals surface area contributed by atoms with E-state index in [0.29, 0.717) is 25.6 Å². The zero-order chi connectivity index (χ0) is 21.6. The third kappa shape index (κ3) is 5.26. The summed E-state index contributed by atoms with van der Waals surface area (Å²) in [5, 5.41) is 16.8. The number of nitrogens with one attached hydrogen (secondary N) is 1. The van der Waals surface area contributed by atoms with Gasteiger partial charge in [-0.25, -0.2) is 4.68 Å². The number of nitrogens with zero attached hydrogens (tertiary/aromatic N) is 6. The highest BCUT2D eigenvalue weighted by Gasteiger charge is 2.21. The topological polar surface area (TPSA) is 90.1 Å². The second-order valence-corrected chi connectivity index (χ2v) is 8.49. The van der Waals surface area contributed by atoms with E-state index in [2.05, 4.69) is 42.2 Å². The zero-order valence-electron chi connectivity index (χ0n) is 17.8. The fraction of sp³-hybridized carbons (Fsp3) is 0.429. The summed E-state index contributed by atoms with van der Waals surface area (Å²) in [6.45, 7) is 7.59. The number of hydrogen-bond donors (Lipinski definition) is 1. The molecule has 4 rings (SSSR count). The maximum atomic E-state index is 12.6. The lowest BCUT2D eigenvalue weighted by molar-refractivity contribution is -0.113. The van der Waals surface area contributed by atoms with Crippen molar-refractivity contribution in [3.05, 3.63) is 48.2 Å². The normalized spacial score (nSPS) is 14.2. The molecule has 10 heteroatoms. The van der Waals surface area contributed by atoms with Crippen molar-refractivity contribution in [3.63, 3.8) is 0 Å². The molecule has 1 amide bonds. The highest BCUT2D eigenvalue weighted by atomic mass is 32.2. The Bertz CT molecular complexity index is 996. The van der Waals surface area contributed by atoms with Gasteiger partial charge in [-0.3, -0.25) is 9.36 Å². The van der Waals surface area contributed by atoms with Crippen LogP contribution in [0, 0.1) is 0 Å². The molecular weight excluding hydrogens is 414 g/mol. The van der Waals surface area contributed by atoms with Crippen LogP contribution < -0.4 is 10.2 Å². The molecular formula is C21H27N7O2S. The molecule has 3 heterocycles. The fourth-order valence-corrected chi connectivity index (χ4v) is 4.16. The van der Waals surface area contributed by atoms with E-state index in [1.807, 2.05) is 32.0 Å². The van der Waals surface area contributed by atoms with E-state index < -0.39 is 0 Å². The maximum absolute atomic E-state index is 12.6. The second kappa shape index (κ2) is 9.97. The van der Waals surface area contributed by atoms with Crippen molar-refractivity contribution in [1.29, 1.82) is 0 Å². The Labute approximate surface area is 185 Å². The largest absolute Gasteiger partial charge is 0.378 e. The Morgan fingerprint density at radius 1 is 1.16 bits per heavy atom. The number of amides is 1. The van der Waals surface area contributed by atoms with Gasteiger partial charge < -0.3 is 15.0 Å². The van der Waals surface area contributed by atoms with Crippen molar-refractivity contribution in [3.8, 4) is 0 Å². The number of aromatic nitrogens is 5. The van der Waals surface area contributed by atoms with E-state index in [1.54, 1.807) is 16.9 Å². The molecule has 0 bridgehead atoms. The van der Waals surface area contributed by atoms with E-state index in [4.69, 9.17) is 4.74 Å². The van der Waals surface area contributed by atoms with Crippen LogP contribution in [0.2, 0.25) is 0 Å². The molecule has 1 saturated heterocycles. The first-order valence-corrected chi connectivity index (χ1v) is 11.4. The molecule has 0 atom stereocenters. The third-order valence-corrected chi connectivity index (χ3v) is 5.90. The van der Waals surface area contributed by atoms with Gasteiger partial charge in [0, 0.05) is 25.2 Å². The average molecular weight is 442 g/mol. The lowest BCUT2D eigenvalue weighted by Gasteiger charge is -2.28. The molecule has 1 aliphatic rings. The van der Waals surface area contributed by atoms with E-state index in [1.165, 1.54) is 11.8 Å². The lowest BCUT2D eigenvalue weighted by Crippen LogP contribution is -2.38. The molecule has 0 saturated carbocycles. The molecule has 0 spiro atoms. The van der Waals surface area contributed by atoms with E-state index in [-0.39, 0.29) is 17.7 Å². The molecule has 3 aromatic rings. The van der Waals surface area contributed by atoms with E-state index >= 15 is 0 Å². The number of carbonyl (C=O) groups excluding carboxylic acids is 1. The molecule has 1 aromatic carbocycles. The van der Waals surface area contributed by atoms with Crippen LogP contribution in [0.15, 0.2) is 47.8 Å². The molecule has 164 valence electrons. The van der Waals surface area contributed by atoms with Crippen molar-refractivity contribution < 1.29 is 9.53 Å². The van der Waals surface area contributed by atoms with Crippen LogP contribution >= 0.6 is 11.8 Å². The van der Waals surface area contributed by atoms with Gasteiger partial charge in [0.25, 0.3) is 0 Å². The predicted octanol–water partition coefficient (Wildman–Crippen LogP) is 2.67. The van der Waals surface area contributed by atoms with Crippen LogP contribution in [0.3, 0.4) is 0 Å². The van der Waals surface area contributed by atoms with Gasteiger partial charge in [0.05, 0.1) is 31.7 Å². The smallest absolute Gasteiger partial charge is 0.235 e. The Kier molecular flexibility index (Phi) is 6.88. The second-order valence-electron chi connectivity index (χ2n) is 7.55. The molecule has 0 radical (unpaired) electrons. The molecule has 9 nitrogen and oxygen atoms in total. The summed E-state index contributed by atoms with van der Waals surface area (Å²) in [6.07, 6.45) is 1.69. The van der Waals surface area contributed by atoms with E-state index in [9.17, 15) is 4.79 Å². The first kappa shape index (κ1) is 21.4. The van der Waals surface area contributed by atoms with Gasteiger partial charge in [-0.2, -0.15) is 5.10 Å². The number of anilines is 2. The van der Waals surface area contributed by atoms with Crippen LogP contribution in [0.4, 0.5) is 11.8 Å². The summed E-state index contributed by atoms with van der Waals surface area (Å²) in [7, 11) is 0. The van der Waals surface area contributed by atoms with Crippen LogP contribution in [-0.4, -0.2) is 62.5 Å². The van der Waals surface area contributed by atoms with Crippen molar-refractivity contribution in [2.45, 2.75) is 31.6 Å². The molecule has 1 aliphatic heterocycles. The zero-order valence-corrected chi connectivity index (χ0v) is 18.6. The summed E-state index contributed by atoms with van der Waals surface area (Å²) >= 11 is 1.39. The maximum Gasteiger partial charge on any atom is 0.235 e. The molecule has 0 aliphatic carbocycles. The first-order chi connectivity index (χ1) is 15.1. The van der Waals surface area contributed by atoms with Crippen molar-refractivity contribution in [1.82, 2.24) is 24.5 Å². The minimum Gasteiger partial charge on any atom is -0.378 e. The number of rotatable bonds is 8. The van der Waals surface area contributed by atoms with Crippen molar-refractivity contribution in [2.24, 2.45) is 0 Å². The SMILES string of the molecule is CC(C)n1nccc1NC(=O)CSc1nnc(N2CCOCC2)n1Cc1ccccc1. The molecule has 31 heavy (non-hydrogen) atoms. The van der Waals surface area contributed by atoms with Crippen LogP contribution in [-0.2, 0) is 16.1 Å². The summed E-state index contributed by atoms with van der Waals surface area (Å²) in [5.74, 6) is 1.64. The van der Waals surface area contributed by atoms with Gasteiger partial charge in [-0.05, 0) is 19.4 Å². The Morgan fingerprint density at radius 3 is 2.68 bits per heavy atom. The summed E-state index contributed by atoms with van der Waals surface area (Å²) in [5.41, 5.74) is 1.16. The molecule has 1 fully saturated rings. The van der Waals surface area contributed by atoms with Crippen molar-refractivity contribution in [2.75, 3.05) is 42.3 Å². The average Bonchev–Trinajstić information content (AvgIpc) is 3.41. The Balaban J connectivity index is 1.48. The molecule has 2 aromatic heterocycles. The monoisotopic (exact) mass is 441 g/mol. The lowest BCUT2D eigenvalue weighted by atomic mass is 10.2. The van der Waals surface area contributed by atoms with Crippen molar-refractivity contribution >= 4 is 29.4 Å². The fourth-order valence-electron chi connectivity index (χ4n) is 3.42. The highest BCUT2D eigenvalue weighted by Crippen LogP contribution is 2.24. The minimum absolute atomic E-state index is 0.102. The number of benzene rings is 1. The van der Waals surface area contributed by atoms with Crippen LogP contribution in [0.5, 0.6) is 0 Å². The van der Waals surface area contributed by atoms with E-state index in [0.717, 1.165) is 29.8 Å². The Hall–Kier alpha value is -2.85. The third-order valence-electron chi connectivity index (χ3n) is 4.93. The minimum atomic E-state index is -0.102. The number of carbonyl (C=O) groups is 1. The quantitative estimate of drug-likeness (QED) is 0.538.